The maximum Gasteiger partial charge on any atom is 0.261 e. The third-order valence-corrected chi connectivity index (χ3v) is 5.02. The first kappa shape index (κ1) is 13.1. The van der Waals surface area contributed by atoms with E-state index in [-0.39, 0.29) is 5.91 Å². The van der Waals surface area contributed by atoms with Gasteiger partial charge in [0.1, 0.15) is 0 Å². The van der Waals surface area contributed by atoms with Gasteiger partial charge in [-0.1, -0.05) is 0 Å². The summed E-state index contributed by atoms with van der Waals surface area (Å²) in [6, 6.07) is 1.92. The van der Waals surface area contributed by atoms with Crippen molar-refractivity contribution in [2.24, 2.45) is 5.92 Å². The predicted octanol–water partition coefficient (Wildman–Crippen LogP) is 2.98. The van der Waals surface area contributed by atoms with Crippen LogP contribution in [-0.2, 0) is 4.74 Å². The minimum atomic E-state index is 0.0226. The lowest BCUT2D eigenvalue weighted by Gasteiger charge is -2.21. The SMILES string of the molecule is Cc1cc(C(=O)NCC2CCCOC2)sc1Br. The number of ether oxygens (including phenoxy) is 1. The summed E-state index contributed by atoms with van der Waals surface area (Å²) >= 11 is 4.91. The second-order valence-corrected chi connectivity index (χ2v) is 6.73. The van der Waals surface area contributed by atoms with Gasteiger partial charge < -0.3 is 10.1 Å². The molecule has 94 valence electrons. The maximum atomic E-state index is 11.9. The topological polar surface area (TPSA) is 38.3 Å². The van der Waals surface area contributed by atoms with E-state index >= 15 is 0 Å². The van der Waals surface area contributed by atoms with Gasteiger partial charge in [0.15, 0.2) is 0 Å². The van der Waals surface area contributed by atoms with Gasteiger partial charge >= 0.3 is 0 Å². The number of hydrogen-bond acceptors (Lipinski definition) is 3. The molecule has 0 aromatic carbocycles. The molecule has 17 heavy (non-hydrogen) atoms. The summed E-state index contributed by atoms with van der Waals surface area (Å²) < 4.78 is 6.42. The van der Waals surface area contributed by atoms with Crippen molar-refractivity contribution in [3.05, 3.63) is 20.3 Å². The van der Waals surface area contributed by atoms with Crippen LogP contribution in [0.25, 0.3) is 0 Å². The Morgan fingerprint density at radius 2 is 2.53 bits per heavy atom. The monoisotopic (exact) mass is 317 g/mol. The van der Waals surface area contributed by atoms with Crippen molar-refractivity contribution in [3.8, 4) is 0 Å². The molecule has 1 amide bonds. The van der Waals surface area contributed by atoms with Gasteiger partial charge in [-0.15, -0.1) is 11.3 Å². The number of carbonyl (C=O) groups is 1. The molecule has 2 heterocycles. The molecular formula is C12H16BrNO2S. The van der Waals surface area contributed by atoms with Gasteiger partial charge in [-0.2, -0.15) is 0 Å². The fraction of sp³-hybridized carbons (Fsp3) is 0.583. The quantitative estimate of drug-likeness (QED) is 0.930. The highest BCUT2D eigenvalue weighted by Gasteiger charge is 2.16. The zero-order valence-electron chi connectivity index (χ0n) is 9.79. The molecule has 2 rings (SSSR count). The molecule has 0 saturated carbocycles. The van der Waals surface area contributed by atoms with Crippen molar-refractivity contribution < 1.29 is 9.53 Å². The van der Waals surface area contributed by atoms with Crippen molar-refractivity contribution >= 4 is 33.2 Å². The van der Waals surface area contributed by atoms with E-state index in [0.29, 0.717) is 12.5 Å². The highest BCUT2D eigenvalue weighted by Crippen LogP contribution is 2.27. The summed E-state index contributed by atoms with van der Waals surface area (Å²) in [4.78, 5) is 12.7. The lowest BCUT2D eigenvalue weighted by molar-refractivity contribution is 0.0536. The number of aryl methyl sites for hydroxylation is 1. The molecule has 0 aliphatic carbocycles. The van der Waals surface area contributed by atoms with E-state index in [1.807, 2.05) is 13.0 Å². The number of amides is 1. The Kier molecular flexibility index (Phi) is 4.59. The molecular weight excluding hydrogens is 302 g/mol. The van der Waals surface area contributed by atoms with Crippen molar-refractivity contribution in [3.63, 3.8) is 0 Å². The summed E-state index contributed by atoms with van der Waals surface area (Å²) in [5.74, 6) is 0.492. The molecule has 1 unspecified atom stereocenters. The first-order valence-corrected chi connectivity index (χ1v) is 7.39. The number of nitrogens with one attached hydrogen (secondary N) is 1. The molecule has 0 bridgehead atoms. The van der Waals surface area contributed by atoms with Gasteiger partial charge in [0.05, 0.1) is 15.3 Å². The fourth-order valence-corrected chi connectivity index (χ4v) is 3.32. The van der Waals surface area contributed by atoms with E-state index in [2.05, 4.69) is 21.2 Å². The van der Waals surface area contributed by atoms with Crippen LogP contribution in [0, 0.1) is 12.8 Å². The summed E-state index contributed by atoms with van der Waals surface area (Å²) in [7, 11) is 0. The van der Waals surface area contributed by atoms with Crippen molar-refractivity contribution in [2.45, 2.75) is 19.8 Å². The molecule has 3 nitrogen and oxygen atoms in total. The van der Waals surface area contributed by atoms with Gasteiger partial charge in [0.25, 0.3) is 5.91 Å². The standard InChI is InChI=1S/C12H16BrNO2S/c1-8-5-10(17-11(8)13)12(15)14-6-9-3-2-4-16-7-9/h5,9H,2-4,6-7H2,1H3,(H,14,15). The van der Waals surface area contributed by atoms with Crippen LogP contribution >= 0.6 is 27.3 Å². The Balaban J connectivity index is 1.84. The van der Waals surface area contributed by atoms with Crippen LogP contribution in [0.3, 0.4) is 0 Å². The average molecular weight is 318 g/mol. The third-order valence-electron chi connectivity index (χ3n) is 2.89. The minimum absolute atomic E-state index is 0.0226. The van der Waals surface area contributed by atoms with Crippen molar-refractivity contribution in [2.75, 3.05) is 19.8 Å². The second kappa shape index (κ2) is 5.98. The molecule has 1 aromatic heterocycles. The molecule has 5 heteroatoms. The molecule has 1 atom stereocenters. The number of halogens is 1. The minimum Gasteiger partial charge on any atom is -0.381 e. The van der Waals surface area contributed by atoms with Crippen LogP contribution in [0.4, 0.5) is 0 Å². The number of hydrogen-bond donors (Lipinski definition) is 1. The smallest absolute Gasteiger partial charge is 0.261 e. The highest BCUT2D eigenvalue weighted by molar-refractivity contribution is 9.11. The van der Waals surface area contributed by atoms with Crippen LogP contribution in [0.5, 0.6) is 0 Å². The fourth-order valence-electron chi connectivity index (χ4n) is 1.86. The summed E-state index contributed by atoms with van der Waals surface area (Å²) in [6.07, 6.45) is 2.25. The lowest BCUT2D eigenvalue weighted by atomic mass is 10.0. The summed E-state index contributed by atoms with van der Waals surface area (Å²) in [6.45, 7) is 4.34. The first-order valence-electron chi connectivity index (χ1n) is 5.78. The van der Waals surface area contributed by atoms with Crippen molar-refractivity contribution in [1.29, 1.82) is 0 Å². The van der Waals surface area contributed by atoms with E-state index in [1.54, 1.807) is 0 Å². The largest absolute Gasteiger partial charge is 0.381 e. The molecule has 1 fully saturated rings. The maximum absolute atomic E-state index is 11.9. The zero-order valence-corrected chi connectivity index (χ0v) is 12.2. The van der Waals surface area contributed by atoms with Crippen LogP contribution in [-0.4, -0.2) is 25.7 Å². The average Bonchev–Trinajstić information content (AvgIpc) is 2.68. The molecule has 1 N–H and O–H groups in total. The number of thiophene rings is 1. The van der Waals surface area contributed by atoms with Gasteiger partial charge in [0, 0.05) is 13.2 Å². The van der Waals surface area contributed by atoms with E-state index in [1.165, 1.54) is 11.3 Å². The van der Waals surface area contributed by atoms with Gasteiger partial charge in [-0.25, -0.2) is 0 Å². The van der Waals surface area contributed by atoms with Crippen LogP contribution < -0.4 is 5.32 Å². The Hall–Kier alpha value is -0.390. The van der Waals surface area contributed by atoms with Gasteiger partial charge in [-0.3, -0.25) is 4.79 Å². The molecule has 0 radical (unpaired) electrons. The first-order chi connectivity index (χ1) is 8.16. The normalized spacial score (nSPS) is 20.2. The Labute approximate surface area is 114 Å². The Bertz CT molecular complexity index is 380. The van der Waals surface area contributed by atoms with Gasteiger partial charge in [-0.05, 0) is 53.2 Å². The Morgan fingerprint density at radius 3 is 3.12 bits per heavy atom. The summed E-state index contributed by atoms with van der Waals surface area (Å²) in [5, 5.41) is 2.98. The van der Waals surface area contributed by atoms with Crippen LogP contribution in [0.2, 0.25) is 0 Å². The second-order valence-electron chi connectivity index (χ2n) is 4.36. The van der Waals surface area contributed by atoms with Crippen LogP contribution in [0.1, 0.15) is 28.1 Å². The summed E-state index contributed by atoms with van der Waals surface area (Å²) in [5.41, 5.74) is 1.11. The highest BCUT2D eigenvalue weighted by atomic mass is 79.9. The van der Waals surface area contributed by atoms with Crippen molar-refractivity contribution in [1.82, 2.24) is 5.32 Å². The molecule has 0 spiro atoms. The Morgan fingerprint density at radius 1 is 1.71 bits per heavy atom. The lowest BCUT2D eigenvalue weighted by Crippen LogP contribution is -2.32. The molecule has 1 aromatic rings. The molecule has 1 saturated heterocycles. The third kappa shape index (κ3) is 3.53. The molecule has 1 aliphatic rings. The van der Waals surface area contributed by atoms with E-state index in [4.69, 9.17) is 4.74 Å². The zero-order chi connectivity index (χ0) is 12.3. The van der Waals surface area contributed by atoms with E-state index < -0.39 is 0 Å². The number of carbonyl (C=O) groups excluding carboxylic acids is 1. The van der Waals surface area contributed by atoms with Gasteiger partial charge in [0.2, 0.25) is 0 Å². The van der Waals surface area contributed by atoms with E-state index in [0.717, 1.165) is 40.3 Å². The predicted molar refractivity (Wildman–Crippen MR) is 72.6 cm³/mol. The number of rotatable bonds is 3. The molecule has 1 aliphatic heterocycles. The van der Waals surface area contributed by atoms with Crippen LogP contribution in [0.15, 0.2) is 9.85 Å². The van der Waals surface area contributed by atoms with E-state index in [9.17, 15) is 4.79 Å².